The van der Waals surface area contributed by atoms with Gasteiger partial charge in [-0.1, -0.05) is 5.16 Å². The van der Waals surface area contributed by atoms with Crippen LogP contribution in [-0.4, -0.2) is 25.6 Å². The number of imidazole rings is 1. The molecule has 0 atom stereocenters. The summed E-state index contributed by atoms with van der Waals surface area (Å²) in [4.78, 5) is 9.13. The van der Waals surface area contributed by atoms with Crippen LogP contribution in [0.4, 0.5) is 0 Å². The van der Waals surface area contributed by atoms with Crippen LogP contribution in [-0.2, 0) is 13.0 Å². The Bertz CT molecular complexity index is 690. The van der Waals surface area contributed by atoms with Gasteiger partial charge in [-0.3, -0.25) is 0 Å². The predicted molar refractivity (Wildman–Crippen MR) is 72.3 cm³/mol. The number of rotatable bonds is 4. The van der Waals surface area contributed by atoms with Crippen molar-refractivity contribution < 1.29 is 4.52 Å². The molecule has 98 valence electrons. The Morgan fingerprint density at radius 2 is 2.16 bits per heavy atom. The quantitative estimate of drug-likeness (QED) is 0.687. The molecule has 0 aliphatic rings. The molecule has 19 heavy (non-hydrogen) atoms. The van der Waals surface area contributed by atoms with Crippen molar-refractivity contribution in [3.8, 4) is 0 Å². The monoisotopic (exact) mass is 276 g/mol. The fourth-order valence-electron chi connectivity index (χ4n) is 2.06. The summed E-state index contributed by atoms with van der Waals surface area (Å²) in [5.74, 6) is 2.22. The van der Waals surface area contributed by atoms with Crippen molar-refractivity contribution in [3.63, 3.8) is 0 Å². The molecule has 3 heterocycles. The predicted octanol–water partition coefficient (Wildman–Crippen LogP) is 2.56. The van der Waals surface area contributed by atoms with Gasteiger partial charge in [0.1, 0.15) is 11.3 Å². The summed E-state index contributed by atoms with van der Waals surface area (Å²) in [5.41, 5.74) is 2.70. The smallest absolute Gasteiger partial charge is 0.160 e. The van der Waals surface area contributed by atoms with Gasteiger partial charge in [-0.2, -0.15) is 0 Å². The molecule has 0 aromatic carbocycles. The third-order valence-electron chi connectivity index (χ3n) is 2.93. The van der Waals surface area contributed by atoms with E-state index >= 15 is 0 Å². The first-order valence-electron chi connectivity index (χ1n) is 6.06. The van der Waals surface area contributed by atoms with Gasteiger partial charge in [-0.05, 0) is 19.1 Å². The second-order valence-electron chi connectivity index (χ2n) is 4.33. The van der Waals surface area contributed by atoms with Gasteiger partial charge in [0.15, 0.2) is 11.4 Å². The Labute approximate surface area is 115 Å². The van der Waals surface area contributed by atoms with Crippen LogP contribution in [0.5, 0.6) is 0 Å². The lowest BCUT2D eigenvalue weighted by molar-refractivity contribution is 0.376. The van der Waals surface area contributed by atoms with Crippen molar-refractivity contribution in [2.45, 2.75) is 19.9 Å². The van der Waals surface area contributed by atoms with Gasteiger partial charge in [0.25, 0.3) is 0 Å². The van der Waals surface area contributed by atoms with E-state index in [2.05, 4.69) is 15.1 Å². The maximum absolute atomic E-state index is 5.84. The van der Waals surface area contributed by atoms with Gasteiger partial charge >= 0.3 is 0 Å². The Hall–Kier alpha value is -1.88. The third-order valence-corrected chi connectivity index (χ3v) is 3.12. The first-order valence-corrected chi connectivity index (χ1v) is 6.59. The number of pyridine rings is 1. The van der Waals surface area contributed by atoms with E-state index in [1.54, 1.807) is 6.20 Å². The molecular weight excluding hydrogens is 264 g/mol. The largest absolute Gasteiger partial charge is 0.359 e. The third kappa shape index (κ3) is 2.33. The van der Waals surface area contributed by atoms with E-state index in [1.807, 2.05) is 29.7 Å². The summed E-state index contributed by atoms with van der Waals surface area (Å²) in [6.07, 6.45) is 2.33. The van der Waals surface area contributed by atoms with Crippen molar-refractivity contribution >= 4 is 22.8 Å². The van der Waals surface area contributed by atoms with Crippen molar-refractivity contribution in [2.24, 2.45) is 0 Å². The lowest BCUT2D eigenvalue weighted by atomic mass is 10.3. The molecule has 5 nitrogen and oxygen atoms in total. The highest BCUT2D eigenvalue weighted by molar-refractivity contribution is 6.17. The van der Waals surface area contributed by atoms with Crippen LogP contribution in [0.3, 0.4) is 0 Å². The lowest BCUT2D eigenvalue weighted by Crippen LogP contribution is -2.06. The van der Waals surface area contributed by atoms with Gasteiger partial charge in [0.05, 0.1) is 12.7 Å². The molecule has 0 fully saturated rings. The average molecular weight is 277 g/mol. The molecule has 0 amide bonds. The van der Waals surface area contributed by atoms with Gasteiger partial charge in [0.2, 0.25) is 0 Å². The normalized spacial score (nSPS) is 11.3. The zero-order chi connectivity index (χ0) is 13.2. The molecule has 0 aliphatic carbocycles. The fourth-order valence-corrected chi connectivity index (χ4v) is 2.23. The Morgan fingerprint density at radius 3 is 2.89 bits per heavy atom. The Kier molecular flexibility index (Phi) is 3.21. The second kappa shape index (κ2) is 5.01. The van der Waals surface area contributed by atoms with Crippen LogP contribution in [0, 0.1) is 6.92 Å². The number of hydrogen-bond acceptors (Lipinski definition) is 4. The number of aryl methyl sites for hydroxylation is 2. The van der Waals surface area contributed by atoms with Crippen molar-refractivity contribution in [1.29, 1.82) is 0 Å². The van der Waals surface area contributed by atoms with Crippen LogP contribution in [0.15, 0.2) is 28.9 Å². The zero-order valence-corrected chi connectivity index (χ0v) is 11.3. The molecule has 0 saturated carbocycles. The number of aromatic nitrogens is 4. The van der Waals surface area contributed by atoms with Crippen LogP contribution in [0.2, 0.25) is 0 Å². The maximum atomic E-state index is 5.84. The minimum atomic E-state index is 0.526. The SMILES string of the molecule is Cc1ccc2nc(CCCl)n(Cc3ccno3)c2n1. The summed E-state index contributed by atoms with van der Waals surface area (Å²) >= 11 is 5.84. The number of halogens is 1. The summed E-state index contributed by atoms with van der Waals surface area (Å²) in [7, 11) is 0. The van der Waals surface area contributed by atoms with Gasteiger partial charge < -0.3 is 9.09 Å². The fraction of sp³-hybridized carbons (Fsp3) is 0.308. The molecule has 6 heteroatoms. The summed E-state index contributed by atoms with van der Waals surface area (Å²) in [6, 6.07) is 5.77. The van der Waals surface area contributed by atoms with E-state index in [1.165, 1.54) is 0 Å². The Morgan fingerprint density at radius 1 is 1.26 bits per heavy atom. The average Bonchev–Trinajstić information content (AvgIpc) is 3.00. The minimum Gasteiger partial charge on any atom is -0.359 e. The number of hydrogen-bond donors (Lipinski definition) is 0. The van der Waals surface area contributed by atoms with Crippen LogP contribution in [0.1, 0.15) is 17.3 Å². The van der Waals surface area contributed by atoms with Gasteiger partial charge in [-0.15, -0.1) is 11.6 Å². The first kappa shape index (κ1) is 12.2. The van der Waals surface area contributed by atoms with Crippen molar-refractivity contribution in [1.82, 2.24) is 19.7 Å². The van der Waals surface area contributed by atoms with Crippen molar-refractivity contribution in [3.05, 3.63) is 41.7 Å². The molecule has 0 spiro atoms. The van der Waals surface area contributed by atoms with Gasteiger partial charge in [-0.25, -0.2) is 9.97 Å². The summed E-state index contributed by atoms with van der Waals surface area (Å²) in [5, 5.41) is 3.72. The molecule has 3 aromatic heterocycles. The highest BCUT2D eigenvalue weighted by Gasteiger charge is 2.13. The number of nitrogens with zero attached hydrogens (tertiary/aromatic N) is 4. The van der Waals surface area contributed by atoms with E-state index in [0.29, 0.717) is 18.8 Å². The van der Waals surface area contributed by atoms with Crippen LogP contribution in [0.25, 0.3) is 11.2 Å². The molecule has 0 radical (unpaired) electrons. The second-order valence-corrected chi connectivity index (χ2v) is 4.71. The lowest BCUT2D eigenvalue weighted by Gasteiger charge is -2.05. The molecule has 0 saturated heterocycles. The number of fused-ring (bicyclic) bond motifs is 1. The first-order chi connectivity index (χ1) is 9.28. The Balaban J connectivity index is 2.12. The van der Waals surface area contributed by atoms with E-state index in [9.17, 15) is 0 Å². The molecule has 3 aromatic rings. The standard InChI is InChI=1S/C13H13ClN4O/c1-9-2-3-11-13(16-9)18(12(17-11)4-6-14)8-10-5-7-15-19-10/h2-3,5,7H,4,6,8H2,1H3. The van der Waals surface area contributed by atoms with E-state index in [-0.39, 0.29) is 0 Å². The molecule has 0 aliphatic heterocycles. The highest BCUT2D eigenvalue weighted by Crippen LogP contribution is 2.17. The topological polar surface area (TPSA) is 56.7 Å². The minimum absolute atomic E-state index is 0.526. The number of alkyl halides is 1. The summed E-state index contributed by atoms with van der Waals surface area (Å²) < 4.78 is 7.19. The molecule has 0 N–H and O–H groups in total. The van der Waals surface area contributed by atoms with Crippen LogP contribution >= 0.6 is 11.6 Å². The highest BCUT2D eigenvalue weighted by atomic mass is 35.5. The summed E-state index contributed by atoms with van der Waals surface area (Å²) in [6.45, 7) is 2.53. The maximum Gasteiger partial charge on any atom is 0.160 e. The van der Waals surface area contributed by atoms with E-state index in [0.717, 1.165) is 28.4 Å². The van der Waals surface area contributed by atoms with Crippen LogP contribution < -0.4 is 0 Å². The molecular formula is C13H13ClN4O. The van der Waals surface area contributed by atoms with Crippen molar-refractivity contribution in [2.75, 3.05) is 5.88 Å². The van der Waals surface area contributed by atoms with E-state index < -0.39 is 0 Å². The molecule has 3 rings (SSSR count). The molecule has 0 unspecified atom stereocenters. The van der Waals surface area contributed by atoms with E-state index in [4.69, 9.17) is 16.1 Å². The zero-order valence-electron chi connectivity index (χ0n) is 10.5. The van der Waals surface area contributed by atoms with Gasteiger partial charge in [0, 0.05) is 24.1 Å². The molecule has 0 bridgehead atoms.